The molecule has 0 aliphatic heterocycles. The molecule has 4 heteroatoms. The van der Waals surface area contributed by atoms with Crippen LogP contribution in [-0.2, 0) is 6.42 Å². The fourth-order valence-electron chi connectivity index (χ4n) is 3.38. The van der Waals surface area contributed by atoms with Crippen molar-refractivity contribution in [1.82, 2.24) is 0 Å². The average molecular weight is 363 g/mol. The summed E-state index contributed by atoms with van der Waals surface area (Å²) in [5, 5.41) is 12.6. The van der Waals surface area contributed by atoms with Crippen LogP contribution in [0.1, 0.15) is 49.7 Å². The molecule has 2 N–H and O–H groups in total. The van der Waals surface area contributed by atoms with Gasteiger partial charge in [0, 0.05) is 12.1 Å². The lowest BCUT2D eigenvalue weighted by molar-refractivity contribution is 0.0995. The summed E-state index contributed by atoms with van der Waals surface area (Å²) in [6, 6.07) is 11.1. The van der Waals surface area contributed by atoms with Gasteiger partial charge in [-0.15, -0.1) is 0 Å². The van der Waals surface area contributed by atoms with Gasteiger partial charge in [-0.05, 0) is 86.7 Å². The highest BCUT2D eigenvalue weighted by Crippen LogP contribution is 2.27. The van der Waals surface area contributed by atoms with Crippen molar-refractivity contribution in [2.45, 2.75) is 41.0 Å². The number of carbonyl (C=O) groups excluding carboxylic acids is 1. The lowest BCUT2D eigenvalue weighted by atomic mass is 9.97. The van der Waals surface area contributed by atoms with Crippen molar-refractivity contribution < 1.29 is 14.3 Å². The summed E-state index contributed by atoms with van der Waals surface area (Å²) in [7, 11) is 0. The van der Waals surface area contributed by atoms with Gasteiger partial charge < -0.3 is 14.8 Å². The number of furan rings is 1. The van der Waals surface area contributed by atoms with Gasteiger partial charge in [0.2, 0.25) is 0 Å². The summed E-state index contributed by atoms with van der Waals surface area (Å²) in [5.41, 5.74) is 7.17. The lowest BCUT2D eigenvalue weighted by Gasteiger charge is -2.11. The summed E-state index contributed by atoms with van der Waals surface area (Å²) in [4.78, 5) is 12.5. The topological polar surface area (TPSA) is 62.5 Å². The van der Waals surface area contributed by atoms with Gasteiger partial charge in [-0.1, -0.05) is 17.7 Å². The van der Waals surface area contributed by atoms with Gasteiger partial charge in [0.15, 0.2) is 5.76 Å². The van der Waals surface area contributed by atoms with E-state index in [1.54, 1.807) is 18.2 Å². The molecule has 3 aromatic rings. The summed E-state index contributed by atoms with van der Waals surface area (Å²) < 4.78 is 5.79. The van der Waals surface area contributed by atoms with Gasteiger partial charge >= 0.3 is 0 Å². The van der Waals surface area contributed by atoms with Crippen LogP contribution >= 0.6 is 0 Å². The van der Waals surface area contributed by atoms with E-state index < -0.39 is 0 Å². The highest BCUT2D eigenvalue weighted by Gasteiger charge is 2.15. The highest BCUT2D eigenvalue weighted by molar-refractivity contribution is 6.02. The largest absolute Gasteiger partial charge is 0.508 e. The highest BCUT2D eigenvalue weighted by atomic mass is 16.3. The van der Waals surface area contributed by atoms with E-state index in [9.17, 15) is 9.90 Å². The zero-order chi connectivity index (χ0) is 19.7. The van der Waals surface area contributed by atoms with Crippen LogP contribution in [0.2, 0.25) is 0 Å². The van der Waals surface area contributed by atoms with Crippen molar-refractivity contribution in [1.29, 1.82) is 0 Å². The van der Waals surface area contributed by atoms with Crippen LogP contribution in [0.3, 0.4) is 0 Å². The molecule has 0 fully saturated rings. The number of amides is 1. The predicted molar refractivity (Wildman–Crippen MR) is 108 cm³/mol. The number of anilines is 1. The molecule has 0 saturated heterocycles. The number of aryl methyl sites for hydroxylation is 3. The molecule has 1 amide bonds. The van der Waals surface area contributed by atoms with E-state index in [4.69, 9.17) is 4.42 Å². The first-order chi connectivity index (χ1) is 12.8. The second kappa shape index (κ2) is 7.31. The van der Waals surface area contributed by atoms with Gasteiger partial charge in [0.25, 0.3) is 5.91 Å². The van der Waals surface area contributed by atoms with Crippen molar-refractivity contribution in [3.05, 3.63) is 81.3 Å². The smallest absolute Gasteiger partial charge is 0.291 e. The number of hydrogen-bond acceptors (Lipinski definition) is 3. The van der Waals surface area contributed by atoms with Crippen molar-refractivity contribution in [3.63, 3.8) is 0 Å². The summed E-state index contributed by atoms with van der Waals surface area (Å²) in [5.74, 6) is 0.952. The van der Waals surface area contributed by atoms with Crippen molar-refractivity contribution in [2.75, 3.05) is 5.32 Å². The van der Waals surface area contributed by atoms with Gasteiger partial charge in [-0.3, -0.25) is 4.79 Å². The van der Waals surface area contributed by atoms with E-state index in [1.807, 2.05) is 19.9 Å². The monoisotopic (exact) mass is 363 g/mol. The number of phenols is 1. The van der Waals surface area contributed by atoms with Crippen molar-refractivity contribution >= 4 is 11.6 Å². The number of rotatable bonds is 4. The van der Waals surface area contributed by atoms with Crippen LogP contribution in [0.5, 0.6) is 5.75 Å². The second-order valence-electron chi connectivity index (χ2n) is 7.16. The molecular weight excluding hydrogens is 338 g/mol. The Labute approximate surface area is 159 Å². The van der Waals surface area contributed by atoms with E-state index in [2.05, 4.69) is 38.2 Å². The van der Waals surface area contributed by atoms with E-state index in [0.29, 0.717) is 12.1 Å². The molecule has 27 heavy (non-hydrogen) atoms. The first-order valence-corrected chi connectivity index (χ1v) is 9.02. The Hall–Kier alpha value is -3.01. The first-order valence-electron chi connectivity index (χ1n) is 9.02. The van der Waals surface area contributed by atoms with Gasteiger partial charge in [-0.25, -0.2) is 0 Å². The van der Waals surface area contributed by atoms with E-state index in [-0.39, 0.29) is 17.4 Å². The van der Waals surface area contributed by atoms with E-state index >= 15 is 0 Å². The molecular formula is C23H25NO3. The van der Waals surface area contributed by atoms with Crippen LogP contribution in [0.4, 0.5) is 5.69 Å². The molecule has 0 saturated carbocycles. The van der Waals surface area contributed by atoms with Gasteiger partial charge in [0.1, 0.15) is 11.5 Å². The summed E-state index contributed by atoms with van der Waals surface area (Å²) >= 11 is 0. The zero-order valence-electron chi connectivity index (χ0n) is 16.4. The fourth-order valence-corrected chi connectivity index (χ4v) is 3.38. The third kappa shape index (κ3) is 3.90. The SMILES string of the molecule is Cc1cc(C)c(Cc2ccc(C(=O)Nc3ccc(O)c(C)c3C)o2)c(C)c1. The molecule has 3 rings (SSSR count). The Balaban J connectivity index is 1.78. The number of phenolic OH excluding ortho intramolecular Hbond substituents is 1. The zero-order valence-corrected chi connectivity index (χ0v) is 16.4. The molecule has 4 nitrogen and oxygen atoms in total. The van der Waals surface area contributed by atoms with Gasteiger partial charge in [-0.2, -0.15) is 0 Å². The summed E-state index contributed by atoms with van der Waals surface area (Å²) in [6.07, 6.45) is 0.655. The van der Waals surface area contributed by atoms with E-state index in [1.165, 1.54) is 22.3 Å². The number of benzene rings is 2. The maximum absolute atomic E-state index is 12.5. The van der Waals surface area contributed by atoms with Crippen LogP contribution in [0.15, 0.2) is 40.8 Å². The van der Waals surface area contributed by atoms with Crippen molar-refractivity contribution in [3.8, 4) is 5.75 Å². The Morgan fingerprint density at radius 1 is 0.963 bits per heavy atom. The number of carbonyl (C=O) groups is 1. The quantitative estimate of drug-likeness (QED) is 0.613. The molecule has 1 aromatic heterocycles. The predicted octanol–water partition coefficient (Wildman–Crippen LogP) is 5.37. The molecule has 0 bridgehead atoms. The molecule has 0 spiro atoms. The van der Waals surface area contributed by atoms with Crippen LogP contribution in [0.25, 0.3) is 0 Å². The fraction of sp³-hybridized carbons (Fsp3) is 0.261. The molecule has 1 heterocycles. The molecule has 0 atom stereocenters. The van der Waals surface area contributed by atoms with Crippen LogP contribution in [-0.4, -0.2) is 11.0 Å². The minimum atomic E-state index is -0.299. The number of hydrogen-bond donors (Lipinski definition) is 2. The Morgan fingerprint density at radius 3 is 2.30 bits per heavy atom. The molecule has 140 valence electrons. The summed E-state index contributed by atoms with van der Waals surface area (Å²) in [6.45, 7) is 9.97. The van der Waals surface area contributed by atoms with Crippen LogP contribution in [0, 0.1) is 34.6 Å². The molecule has 0 radical (unpaired) electrons. The normalized spacial score (nSPS) is 10.9. The molecule has 0 aliphatic rings. The Kier molecular flexibility index (Phi) is 5.08. The van der Waals surface area contributed by atoms with Gasteiger partial charge in [0.05, 0.1) is 0 Å². The lowest BCUT2D eigenvalue weighted by Crippen LogP contribution is -2.12. The minimum Gasteiger partial charge on any atom is -0.508 e. The minimum absolute atomic E-state index is 0.217. The Bertz CT molecular complexity index is 991. The first kappa shape index (κ1) is 18.8. The third-order valence-electron chi connectivity index (χ3n) is 5.08. The average Bonchev–Trinajstić information content (AvgIpc) is 3.07. The maximum Gasteiger partial charge on any atom is 0.291 e. The molecule has 0 aliphatic carbocycles. The van der Waals surface area contributed by atoms with Crippen LogP contribution < -0.4 is 5.32 Å². The maximum atomic E-state index is 12.5. The number of nitrogens with one attached hydrogen (secondary N) is 1. The van der Waals surface area contributed by atoms with E-state index in [0.717, 1.165) is 16.9 Å². The van der Waals surface area contributed by atoms with Crippen molar-refractivity contribution in [2.24, 2.45) is 0 Å². The molecule has 0 unspecified atom stereocenters. The third-order valence-corrected chi connectivity index (χ3v) is 5.08. The Morgan fingerprint density at radius 2 is 1.63 bits per heavy atom. The standard InChI is InChI=1S/C23H25NO3/c1-13-10-14(2)19(15(3)11-13)12-18-6-9-22(27-18)23(26)24-20-7-8-21(25)17(5)16(20)4/h6-11,25H,12H2,1-5H3,(H,24,26). The number of aromatic hydroxyl groups is 1. The molecule has 2 aromatic carbocycles. The second-order valence-corrected chi connectivity index (χ2v) is 7.16.